The number of nitrogens with two attached hydrogens (primary N) is 1. The number of amides is 10. The predicted molar refractivity (Wildman–Crippen MR) is 397 cm³/mol. The molecule has 0 aliphatic carbocycles. The fraction of sp³-hybridized carbons (Fsp3) is 0.553. The van der Waals surface area contributed by atoms with Crippen molar-refractivity contribution < 1.29 is 97.3 Å². The maximum Gasteiger partial charge on any atom is 0.340 e. The molecule has 3 aromatic carbocycles. The van der Waals surface area contributed by atoms with Gasteiger partial charge in [-0.3, -0.25) is 57.5 Å². The molecule has 0 radical (unpaired) electrons. The fourth-order valence-corrected chi connectivity index (χ4v) is 15.3. The first-order chi connectivity index (χ1) is 52.1. The van der Waals surface area contributed by atoms with E-state index in [4.69, 9.17) is 27.4 Å². The molecular weight excluding hydrogens is 1430 g/mol. The van der Waals surface area contributed by atoms with Crippen LogP contribution in [-0.4, -0.2) is 233 Å². The monoisotopic (exact) mass is 1530 g/mol. The lowest BCUT2D eigenvalue weighted by atomic mass is 9.77. The molecule has 10 amide bonds. The number of nitrogens with zero attached hydrogens (tertiary/aromatic N) is 5. The summed E-state index contributed by atoms with van der Waals surface area (Å²) in [6, 6.07) is 4.47. The zero-order valence-electron chi connectivity index (χ0n) is 61.5. The number of primary amides is 1. The summed E-state index contributed by atoms with van der Waals surface area (Å²) in [4.78, 5) is 185. The number of fused-ring (bicyclic) bond motifs is 9. The molecule has 0 saturated carbocycles. The van der Waals surface area contributed by atoms with E-state index in [1.807, 2.05) is 0 Å². The number of nitrogens with one attached hydrogen (secondary N) is 6. The highest BCUT2D eigenvalue weighted by Crippen LogP contribution is 2.57. The number of aliphatic carboxylic acids is 2. The quantitative estimate of drug-likeness (QED) is 0.0446. The molecule has 6 aliphatic heterocycles. The Kier molecular flexibility index (Phi) is 29.2. The van der Waals surface area contributed by atoms with Crippen LogP contribution >= 0.6 is 12.2 Å². The number of carboxylic acids is 2. The van der Waals surface area contributed by atoms with Crippen LogP contribution in [0.4, 0.5) is 5.69 Å². The third kappa shape index (κ3) is 21.3. The number of hydrogen-bond donors (Lipinski definition) is 12. The molecule has 0 bridgehead atoms. The minimum atomic E-state index is -1.70. The van der Waals surface area contributed by atoms with Crippen LogP contribution in [0.15, 0.2) is 66.7 Å². The summed E-state index contributed by atoms with van der Waals surface area (Å²) in [7, 11) is 0. The molecule has 9 rings (SSSR count). The van der Waals surface area contributed by atoms with Gasteiger partial charge in [-0.15, -0.1) is 0 Å². The van der Waals surface area contributed by atoms with E-state index in [1.54, 1.807) is 30.3 Å². The van der Waals surface area contributed by atoms with Crippen LogP contribution in [0.3, 0.4) is 0 Å². The standard InChI is InChI=1S/C76H100N12O20S/c1-45-70(102)88-39-19-22-58(88)73(105)87-38-18-20-56(87)67(99)82-54(30-32-64(95)96)71(103)85(43-61(77)92)36-16-12-10-8-6-4-3-5-7-9-11-15-35-84(44-62(93)81-55(31-33-65(97)98)72(104)86-37-17-21-57(86)68(100)83-66(46(2)89)69(101)79-45)63(94)23-13-14-34-78-75(109)80-47-24-27-50-53(40-47)76(108-74(50)106)51-28-25-48(90)41-59(51)107-60-42-49(91)26-29-52(60)76/h3-4,24-29,40-42,45-46,54-58,66,89-91H,5-23,30-39,43-44H2,1-2H3,(H2,77,92)(H,79,101)(H,81,93)(H,82,99)(H,83,100)(H,95,96)(H,97,98)(H2,78,80,109)/b4-3-/t45-,46+,54-,55-,56-,57-,58-,66-/m0/s1. The lowest BCUT2D eigenvalue weighted by molar-refractivity contribution is -0.148. The summed E-state index contributed by atoms with van der Waals surface area (Å²) >= 11 is 5.69. The lowest BCUT2D eigenvalue weighted by Gasteiger charge is -2.36. The Morgan fingerprint density at radius 1 is 0.606 bits per heavy atom. The van der Waals surface area contributed by atoms with Crippen molar-refractivity contribution in [2.45, 2.75) is 216 Å². The van der Waals surface area contributed by atoms with Gasteiger partial charge >= 0.3 is 17.9 Å². The highest BCUT2D eigenvalue weighted by molar-refractivity contribution is 7.80. The third-order valence-corrected chi connectivity index (χ3v) is 20.8. The fourth-order valence-electron chi connectivity index (χ4n) is 15.0. The van der Waals surface area contributed by atoms with Gasteiger partial charge < -0.3 is 97.1 Å². The molecular formula is C76H100N12O20S. The molecule has 13 N–H and O–H groups in total. The number of benzene rings is 3. The van der Waals surface area contributed by atoms with Gasteiger partial charge in [0.25, 0.3) is 0 Å². The number of thiocarbonyl (C=S) groups is 1. The van der Waals surface area contributed by atoms with Crippen LogP contribution in [0.25, 0.3) is 0 Å². The van der Waals surface area contributed by atoms with Crippen LogP contribution in [-0.2, 0) is 67.9 Å². The number of aliphatic hydroxyl groups is 1. The second-order valence-electron chi connectivity index (χ2n) is 28.6. The van der Waals surface area contributed by atoms with Gasteiger partial charge in [0, 0.05) is 93.0 Å². The number of ether oxygens (including phenoxy) is 2. The maximum atomic E-state index is 14.6. The maximum absolute atomic E-state index is 14.6. The zero-order valence-corrected chi connectivity index (χ0v) is 62.3. The van der Waals surface area contributed by atoms with Crippen molar-refractivity contribution >= 4 is 100.0 Å². The van der Waals surface area contributed by atoms with Gasteiger partial charge in [0.15, 0.2) is 10.7 Å². The number of carbonyl (C=O) groups excluding carboxylic acids is 11. The van der Waals surface area contributed by atoms with E-state index in [0.29, 0.717) is 80.3 Å². The second-order valence-corrected chi connectivity index (χ2v) is 29.0. The minimum Gasteiger partial charge on any atom is -0.508 e. The Balaban J connectivity index is 0.863. The first kappa shape index (κ1) is 82.6. The van der Waals surface area contributed by atoms with Crippen LogP contribution in [0, 0.1) is 0 Å². The van der Waals surface area contributed by atoms with Crippen molar-refractivity contribution in [1.82, 2.24) is 51.1 Å². The smallest absolute Gasteiger partial charge is 0.340 e. The highest BCUT2D eigenvalue weighted by Gasteiger charge is 2.54. The SMILES string of the molecule is C[C@@H]1NC(=O)[C@H]([C@@H](C)O)NC(=O)[C@@H]2CCCN2C(=O)[C@H](CCC(=O)O)NC(=O)CN(C(=O)CCCCNC(=S)Nc2ccc3c(c2)C2(OC3=O)c3ccc(O)cc3Oc3cc(O)ccc32)CCCCCC/C=C\CCCCCCN(CC(N)=O)C(=O)[C@H](CCC(=O)O)NC(=O)[C@@H]2CCCN2C(=O)[C@@H]2CCCN2C1=O. The first-order valence-electron chi connectivity index (χ1n) is 37.7. The number of carboxylic acid groups (broad SMARTS) is 2. The van der Waals surface area contributed by atoms with E-state index < -0.39 is 157 Å². The summed E-state index contributed by atoms with van der Waals surface area (Å²) in [5.41, 5.74) is 6.17. The van der Waals surface area contributed by atoms with Crippen LogP contribution in [0.5, 0.6) is 23.0 Å². The lowest BCUT2D eigenvalue weighted by Crippen LogP contribution is -2.61. The second kappa shape index (κ2) is 38.6. The van der Waals surface area contributed by atoms with Crippen molar-refractivity contribution in [3.8, 4) is 23.0 Å². The van der Waals surface area contributed by atoms with E-state index in [0.717, 1.165) is 38.5 Å². The molecule has 3 aromatic rings. The van der Waals surface area contributed by atoms with E-state index in [2.05, 4.69) is 44.1 Å². The average molecular weight is 1530 g/mol. The number of esters is 1. The van der Waals surface area contributed by atoms with Gasteiger partial charge in [-0.25, -0.2) is 4.79 Å². The Labute approximate surface area is 636 Å². The number of phenolic OH excluding ortho intramolecular Hbond substituents is 2. The molecule has 33 heteroatoms. The minimum absolute atomic E-state index is 0.000246. The molecule has 6 heterocycles. The molecule has 590 valence electrons. The summed E-state index contributed by atoms with van der Waals surface area (Å²) in [6.07, 6.45) is 10.0. The molecule has 6 aliphatic rings. The van der Waals surface area contributed by atoms with Gasteiger partial charge in [-0.2, -0.15) is 0 Å². The van der Waals surface area contributed by atoms with Crippen LogP contribution in [0.1, 0.15) is 189 Å². The van der Waals surface area contributed by atoms with Gasteiger partial charge in [-0.05, 0) is 171 Å². The molecule has 8 atom stereocenters. The predicted octanol–water partition coefficient (Wildman–Crippen LogP) is 3.78. The van der Waals surface area contributed by atoms with Gasteiger partial charge in [0.2, 0.25) is 59.1 Å². The molecule has 1 spiro atoms. The number of unbranched alkanes of at least 4 members (excludes halogenated alkanes) is 1. The Morgan fingerprint density at radius 2 is 1.16 bits per heavy atom. The molecule has 109 heavy (non-hydrogen) atoms. The first-order valence-corrected chi connectivity index (χ1v) is 38.1. The third-order valence-electron chi connectivity index (χ3n) is 20.6. The van der Waals surface area contributed by atoms with E-state index in [-0.39, 0.29) is 111 Å². The normalized spacial score (nSPS) is 23.8. The summed E-state index contributed by atoms with van der Waals surface area (Å²) in [5, 5.41) is 68.1. The Hall–Kier alpha value is -10.4. The number of anilines is 1. The van der Waals surface area contributed by atoms with Crippen molar-refractivity contribution in [3.05, 3.63) is 89.0 Å². The number of allylic oxidation sites excluding steroid dienone is 2. The summed E-state index contributed by atoms with van der Waals surface area (Å²) in [5.74, 6) is -10.2. The molecule has 0 aromatic heterocycles. The average Bonchev–Trinajstić information content (AvgIpc) is 1.44. The number of aromatic hydroxyl groups is 2. The van der Waals surface area contributed by atoms with Crippen molar-refractivity contribution in [3.63, 3.8) is 0 Å². The van der Waals surface area contributed by atoms with Gasteiger partial charge in [0.05, 0.1) is 24.8 Å². The van der Waals surface area contributed by atoms with Crippen LogP contribution < -0.4 is 42.4 Å². The molecule has 3 fully saturated rings. The van der Waals surface area contributed by atoms with Crippen molar-refractivity contribution in [1.29, 1.82) is 0 Å². The van der Waals surface area contributed by atoms with E-state index >= 15 is 0 Å². The highest BCUT2D eigenvalue weighted by atomic mass is 32.1. The van der Waals surface area contributed by atoms with Crippen molar-refractivity contribution in [2.75, 3.05) is 57.7 Å². The topological polar surface area (TPSA) is 456 Å². The number of phenols is 2. The zero-order chi connectivity index (χ0) is 78.6. The van der Waals surface area contributed by atoms with Gasteiger partial charge in [0.1, 0.15) is 65.3 Å². The Bertz CT molecular complexity index is 3900. The Morgan fingerprint density at radius 3 is 1.74 bits per heavy atom. The molecule has 32 nitrogen and oxygen atoms in total. The number of aliphatic hydroxyl groups excluding tert-OH is 1. The summed E-state index contributed by atoms with van der Waals surface area (Å²) in [6.45, 7) is 2.31. The van der Waals surface area contributed by atoms with Crippen molar-refractivity contribution in [2.24, 2.45) is 5.73 Å². The summed E-state index contributed by atoms with van der Waals surface area (Å²) < 4.78 is 12.3. The van der Waals surface area contributed by atoms with Gasteiger partial charge in [-0.1, -0.05) is 37.8 Å². The van der Waals surface area contributed by atoms with Crippen LogP contribution in [0.2, 0.25) is 0 Å². The largest absolute Gasteiger partial charge is 0.508 e. The number of rotatable bonds is 15. The molecule has 3 saturated heterocycles. The number of carbonyl (C=O) groups is 13. The number of hydrogen-bond acceptors (Lipinski definition) is 19. The van der Waals surface area contributed by atoms with E-state index in [9.17, 15) is 87.9 Å². The van der Waals surface area contributed by atoms with E-state index in [1.165, 1.54) is 62.6 Å². The molecule has 0 unspecified atom stereocenters.